The van der Waals surface area contributed by atoms with Crippen LogP contribution < -0.4 is 19.6 Å². The zero-order valence-electron chi connectivity index (χ0n) is 52.0. The van der Waals surface area contributed by atoms with Crippen molar-refractivity contribution in [1.29, 1.82) is 0 Å². The van der Waals surface area contributed by atoms with E-state index in [0.29, 0.717) is 0 Å². The minimum absolute atomic E-state index is 0.429. The summed E-state index contributed by atoms with van der Waals surface area (Å²) in [4.78, 5) is 9.47. The van der Waals surface area contributed by atoms with Gasteiger partial charge < -0.3 is 19.6 Å². The third-order valence-electron chi connectivity index (χ3n) is 18.6. The lowest BCUT2D eigenvalue weighted by molar-refractivity contribution is 0.566. The van der Waals surface area contributed by atoms with E-state index in [9.17, 15) is 0 Å². The molecule has 0 fully saturated rings. The predicted octanol–water partition coefficient (Wildman–Crippen LogP) is 21.7. The maximum atomic E-state index is 3.72. The van der Waals surface area contributed by atoms with Gasteiger partial charge in [0.1, 0.15) is 0 Å². The molecule has 0 atom stereocenters. The molecule has 3 aliphatic heterocycles. The van der Waals surface area contributed by atoms with Gasteiger partial charge in [0, 0.05) is 101 Å². The molecule has 0 unspecified atom stereocenters. The van der Waals surface area contributed by atoms with E-state index < -0.39 is 16.2 Å². The van der Waals surface area contributed by atoms with Crippen LogP contribution in [-0.2, 0) is 16.2 Å². The van der Waals surface area contributed by atoms with E-state index in [1.54, 1.807) is 0 Å². The van der Waals surface area contributed by atoms with E-state index in [4.69, 9.17) is 0 Å². The number of nitrogens with zero attached hydrogens (tertiary/aromatic N) is 4. The van der Waals surface area contributed by atoms with Gasteiger partial charge in [0.15, 0.2) is 0 Å². The van der Waals surface area contributed by atoms with Crippen molar-refractivity contribution in [2.75, 3.05) is 19.6 Å². The lowest BCUT2D eigenvalue weighted by Crippen LogP contribution is -2.44. The minimum Gasteiger partial charge on any atom is -0.311 e. The second-order valence-electron chi connectivity index (χ2n) is 25.4. The SMILES string of the molecule is CC1(C)c2cc(C#Cc3ccc(N(c4ccccc4)c4ccccc4)cc3)cc3c2N2c4c1cc(C#Cc1ccc(N(c5ccccc5)c5ccccc5)cc1)cc4C(C)(C)c1cc(C#Cc4ccc(N(c5ccccc5)c5ccccc5)cc4)cc(c12)C3(C)C. The molecule has 0 saturated heterocycles. The molecule has 0 radical (unpaired) electrons. The van der Waals surface area contributed by atoms with Crippen molar-refractivity contribution in [3.8, 4) is 35.5 Å². The molecule has 0 aliphatic carbocycles. The summed E-state index contributed by atoms with van der Waals surface area (Å²) in [6.45, 7) is 14.4. The maximum Gasteiger partial charge on any atom is 0.0544 e. The van der Waals surface area contributed by atoms with Gasteiger partial charge in [0.25, 0.3) is 0 Å². The first-order valence-electron chi connectivity index (χ1n) is 31.3. The fourth-order valence-corrected chi connectivity index (χ4v) is 13.8. The molecule has 434 valence electrons. The molecular formula is C87H66N4. The van der Waals surface area contributed by atoms with Gasteiger partial charge in [-0.1, -0.05) is 186 Å². The number of hydrogen-bond acceptors (Lipinski definition) is 4. The minimum atomic E-state index is -0.429. The van der Waals surface area contributed by atoms with Crippen LogP contribution in [0.3, 0.4) is 0 Å². The van der Waals surface area contributed by atoms with Crippen molar-refractivity contribution in [3.63, 3.8) is 0 Å². The second kappa shape index (κ2) is 22.6. The molecule has 15 rings (SSSR count). The summed E-state index contributed by atoms with van der Waals surface area (Å²) in [5, 5.41) is 0. The average molecular weight is 1170 g/mol. The van der Waals surface area contributed by atoms with E-state index in [-0.39, 0.29) is 0 Å². The van der Waals surface area contributed by atoms with Gasteiger partial charge in [0.05, 0.1) is 17.1 Å². The lowest BCUT2D eigenvalue weighted by Gasteiger charge is -2.55. The zero-order chi connectivity index (χ0) is 61.8. The average Bonchev–Trinajstić information content (AvgIpc) is 0.681. The van der Waals surface area contributed by atoms with Crippen LogP contribution in [0.15, 0.2) is 291 Å². The maximum absolute atomic E-state index is 3.72. The first kappa shape index (κ1) is 56.1. The Morgan fingerprint density at radius 1 is 0.209 bits per heavy atom. The van der Waals surface area contributed by atoms with Crippen molar-refractivity contribution >= 4 is 68.2 Å². The Hall–Kier alpha value is -11.5. The molecule has 12 aromatic carbocycles. The first-order valence-corrected chi connectivity index (χ1v) is 31.3. The van der Waals surface area contributed by atoms with Crippen LogP contribution in [0.4, 0.5) is 68.2 Å². The lowest BCUT2D eigenvalue weighted by atomic mass is 9.60. The Balaban J connectivity index is 0.843. The summed E-state index contributed by atoms with van der Waals surface area (Å²) < 4.78 is 0. The quantitative estimate of drug-likeness (QED) is 0.134. The van der Waals surface area contributed by atoms with Crippen LogP contribution in [0.2, 0.25) is 0 Å². The van der Waals surface area contributed by atoms with Gasteiger partial charge in [0.2, 0.25) is 0 Å². The molecule has 3 heterocycles. The van der Waals surface area contributed by atoms with Crippen LogP contribution in [0.5, 0.6) is 0 Å². The molecule has 0 aromatic heterocycles. The van der Waals surface area contributed by atoms with E-state index in [1.807, 2.05) is 0 Å². The molecule has 0 saturated carbocycles. The summed E-state index contributed by atoms with van der Waals surface area (Å²) in [6, 6.07) is 103. The van der Waals surface area contributed by atoms with Crippen LogP contribution in [-0.4, -0.2) is 0 Å². The fourth-order valence-electron chi connectivity index (χ4n) is 13.8. The number of rotatable bonds is 9. The van der Waals surface area contributed by atoms with Crippen molar-refractivity contribution < 1.29 is 0 Å². The van der Waals surface area contributed by atoms with Crippen molar-refractivity contribution in [2.45, 2.75) is 57.8 Å². The van der Waals surface area contributed by atoms with Crippen molar-refractivity contribution in [3.05, 3.63) is 358 Å². The summed E-state index contributed by atoms with van der Waals surface area (Å²) in [5.41, 5.74) is 25.5. The van der Waals surface area contributed by atoms with Gasteiger partial charge >= 0.3 is 0 Å². The first-order chi connectivity index (χ1) is 44.4. The molecule has 0 N–H and O–H groups in total. The molecule has 91 heavy (non-hydrogen) atoms. The van der Waals surface area contributed by atoms with Gasteiger partial charge in [-0.25, -0.2) is 0 Å². The van der Waals surface area contributed by atoms with E-state index in [1.165, 1.54) is 50.4 Å². The predicted molar refractivity (Wildman–Crippen MR) is 379 cm³/mol. The molecule has 4 heteroatoms. The Morgan fingerprint density at radius 3 is 0.560 bits per heavy atom. The molecule has 3 aliphatic rings. The van der Waals surface area contributed by atoms with Crippen molar-refractivity contribution in [1.82, 2.24) is 0 Å². The van der Waals surface area contributed by atoms with Gasteiger partial charge in [-0.2, -0.15) is 0 Å². The third-order valence-corrected chi connectivity index (χ3v) is 18.6. The summed E-state index contributed by atoms with van der Waals surface area (Å²) in [5.74, 6) is 22.0. The highest BCUT2D eigenvalue weighted by Crippen LogP contribution is 2.66. The van der Waals surface area contributed by atoms with Gasteiger partial charge in [-0.15, -0.1) is 0 Å². The molecule has 4 nitrogen and oxygen atoms in total. The normalized spacial score (nSPS) is 13.6. The highest BCUT2D eigenvalue weighted by molar-refractivity contribution is 5.99. The van der Waals surface area contributed by atoms with Gasteiger partial charge in [-0.3, -0.25) is 0 Å². The third kappa shape index (κ3) is 10.1. The molecule has 0 amide bonds. The standard InChI is InChI=1S/C87H66N4/c1-85(2)76-55-64(40-37-61-43-49-73(50-44-61)88(67-25-13-7-14-26-67)68-27-15-8-16-28-68)57-78-82(76)91-83-77(85)56-65(41-38-62-45-51-74(52-46-62)89(69-29-17-9-18-30-69)70-31-19-10-20-32-70)58-79(83)87(5,6)81-60-66(59-80(84(81)91)86(78,3)4)42-39-63-47-53-75(54-48-63)90(71-33-21-11-22-34-71)72-35-23-12-24-36-72/h7-36,43-60H,1-6H3. The van der Waals surface area contributed by atoms with Gasteiger partial charge in [-0.05, 0) is 215 Å². The Morgan fingerprint density at radius 2 is 0.374 bits per heavy atom. The topological polar surface area (TPSA) is 13.0 Å². The highest BCUT2D eigenvalue weighted by atomic mass is 15.2. The van der Waals surface area contributed by atoms with Crippen molar-refractivity contribution in [2.24, 2.45) is 0 Å². The summed E-state index contributed by atoms with van der Waals surface area (Å²) in [6.07, 6.45) is 0. The number of hydrogen-bond donors (Lipinski definition) is 0. The Kier molecular flexibility index (Phi) is 13.9. The van der Waals surface area contributed by atoms with Crippen LogP contribution in [0.25, 0.3) is 0 Å². The van der Waals surface area contributed by atoms with E-state index >= 15 is 0 Å². The molecule has 0 bridgehead atoms. The summed E-state index contributed by atoms with van der Waals surface area (Å²) in [7, 11) is 0. The Bertz CT molecular complexity index is 4220. The second-order valence-corrected chi connectivity index (χ2v) is 25.4. The Labute approximate surface area is 536 Å². The molecular weight excluding hydrogens is 1100 g/mol. The monoisotopic (exact) mass is 1170 g/mol. The number of benzene rings is 12. The van der Waals surface area contributed by atoms with E-state index in [0.717, 1.165) is 84.6 Å². The smallest absolute Gasteiger partial charge is 0.0544 e. The fraction of sp³-hybridized carbons (Fsp3) is 0.103. The number of anilines is 12. The largest absolute Gasteiger partial charge is 0.311 e. The van der Waals surface area contributed by atoms with Crippen LogP contribution in [0.1, 0.15) is 108 Å². The summed E-state index contributed by atoms with van der Waals surface area (Å²) >= 11 is 0. The highest BCUT2D eigenvalue weighted by Gasteiger charge is 2.52. The zero-order valence-corrected chi connectivity index (χ0v) is 52.0. The van der Waals surface area contributed by atoms with Crippen LogP contribution >= 0.6 is 0 Å². The van der Waals surface area contributed by atoms with E-state index in [2.05, 4.69) is 388 Å². The van der Waals surface area contributed by atoms with Crippen LogP contribution in [0, 0.1) is 35.5 Å². The molecule has 12 aromatic rings. The number of para-hydroxylation sites is 6. The molecule has 0 spiro atoms.